The van der Waals surface area contributed by atoms with Crippen LogP contribution < -0.4 is 0 Å². The van der Waals surface area contributed by atoms with E-state index in [0.29, 0.717) is 12.8 Å². The Morgan fingerprint density at radius 3 is 2.22 bits per heavy atom. The summed E-state index contributed by atoms with van der Waals surface area (Å²) in [6.45, 7) is 3.91. The maximum Gasteiger partial charge on any atom is 0.124 e. The van der Waals surface area contributed by atoms with Gasteiger partial charge in [0.05, 0.1) is 0 Å². The Hall–Kier alpha value is -0.480. The first-order chi connectivity index (χ1) is 4.18. The van der Waals surface area contributed by atoms with Crippen molar-refractivity contribution in [3.63, 3.8) is 0 Å². The van der Waals surface area contributed by atoms with Gasteiger partial charge in [-0.3, -0.25) is 0 Å². The van der Waals surface area contributed by atoms with Gasteiger partial charge >= 0.3 is 0 Å². The molecule has 0 saturated carbocycles. The van der Waals surface area contributed by atoms with Crippen molar-refractivity contribution in [3.05, 3.63) is 0 Å². The SMILES string of the molecule is C#CC(O)(CC)CCC. The van der Waals surface area contributed by atoms with Gasteiger partial charge in [0, 0.05) is 0 Å². The summed E-state index contributed by atoms with van der Waals surface area (Å²) in [6.07, 6.45) is 7.40. The average Bonchev–Trinajstić information content (AvgIpc) is 1.89. The predicted molar refractivity (Wildman–Crippen MR) is 39.0 cm³/mol. The third-order valence-electron chi connectivity index (χ3n) is 1.52. The molecule has 0 aliphatic heterocycles. The molecule has 0 spiro atoms. The Morgan fingerprint density at radius 2 is 2.11 bits per heavy atom. The summed E-state index contributed by atoms with van der Waals surface area (Å²) in [5, 5.41) is 9.39. The molecule has 0 rings (SSSR count). The maximum absolute atomic E-state index is 9.39. The van der Waals surface area contributed by atoms with E-state index in [9.17, 15) is 5.11 Å². The third kappa shape index (κ3) is 2.53. The van der Waals surface area contributed by atoms with E-state index >= 15 is 0 Å². The normalized spacial score (nSPS) is 16.2. The van der Waals surface area contributed by atoms with Crippen molar-refractivity contribution in [3.8, 4) is 12.3 Å². The quantitative estimate of drug-likeness (QED) is 0.569. The molecule has 1 unspecified atom stereocenters. The lowest BCUT2D eigenvalue weighted by Crippen LogP contribution is -2.24. The fourth-order valence-corrected chi connectivity index (χ4v) is 0.765. The topological polar surface area (TPSA) is 20.2 Å². The van der Waals surface area contributed by atoms with E-state index in [2.05, 4.69) is 5.92 Å². The lowest BCUT2D eigenvalue weighted by atomic mass is 9.96. The van der Waals surface area contributed by atoms with Crippen LogP contribution in [0.5, 0.6) is 0 Å². The third-order valence-corrected chi connectivity index (χ3v) is 1.52. The van der Waals surface area contributed by atoms with Gasteiger partial charge in [-0.1, -0.05) is 26.2 Å². The molecule has 0 heterocycles. The first kappa shape index (κ1) is 8.52. The highest BCUT2D eigenvalue weighted by Gasteiger charge is 2.18. The van der Waals surface area contributed by atoms with E-state index in [1.54, 1.807) is 0 Å². The summed E-state index contributed by atoms with van der Waals surface area (Å²) in [5.41, 5.74) is -0.839. The molecule has 1 heteroatoms. The Bertz CT molecular complexity index is 112. The molecule has 9 heavy (non-hydrogen) atoms. The van der Waals surface area contributed by atoms with Crippen molar-refractivity contribution in [2.75, 3.05) is 0 Å². The van der Waals surface area contributed by atoms with Gasteiger partial charge in [-0.15, -0.1) is 6.42 Å². The van der Waals surface area contributed by atoms with E-state index in [-0.39, 0.29) is 0 Å². The molecule has 0 aromatic carbocycles. The van der Waals surface area contributed by atoms with Crippen molar-refractivity contribution in [1.29, 1.82) is 0 Å². The second-order valence-electron chi connectivity index (χ2n) is 2.28. The first-order valence-corrected chi connectivity index (χ1v) is 3.38. The van der Waals surface area contributed by atoms with Crippen molar-refractivity contribution < 1.29 is 5.11 Å². The van der Waals surface area contributed by atoms with Crippen LogP contribution in [0.4, 0.5) is 0 Å². The zero-order valence-corrected chi connectivity index (χ0v) is 6.15. The molecule has 0 aromatic heterocycles. The predicted octanol–water partition coefficient (Wildman–Crippen LogP) is 1.56. The summed E-state index contributed by atoms with van der Waals surface area (Å²) in [6, 6.07) is 0. The summed E-state index contributed by atoms with van der Waals surface area (Å²) in [5.74, 6) is 2.38. The van der Waals surface area contributed by atoms with E-state index in [0.717, 1.165) is 6.42 Å². The monoisotopic (exact) mass is 126 g/mol. The van der Waals surface area contributed by atoms with Crippen molar-refractivity contribution in [2.24, 2.45) is 0 Å². The number of aliphatic hydroxyl groups is 1. The zero-order chi connectivity index (χ0) is 7.33. The van der Waals surface area contributed by atoms with Crippen LogP contribution in [-0.2, 0) is 0 Å². The minimum Gasteiger partial charge on any atom is -0.378 e. The smallest absolute Gasteiger partial charge is 0.124 e. The molecule has 1 atom stereocenters. The second-order valence-corrected chi connectivity index (χ2v) is 2.28. The van der Waals surface area contributed by atoms with Crippen LogP contribution in [0.15, 0.2) is 0 Å². The lowest BCUT2D eigenvalue weighted by molar-refractivity contribution is 0.0870. The Kier molecular flexibility index (Phi) is 3.34. The van der Waals surface area contributed by atoms with Gasteiger partial charge in [-0.05, 0) is 12.8 Å². The van der Waals surface area contributed by atoms with Crippen molar-refractivity contribution in [2.45, 2.75) is 38.7 Å². The van der Waals surface area contributed by atoms with Gasteiger partial charge in [-0.2, -0.15) is 0 Å². The molecule has 0 amide bonds. The molecule has 0 aromatic rings. The van der Waals surface area contributed by atoms with Crippen molar-refractivity contribution in [1.82, 2.24) is 0 Å². The lowest BCUT2D eigenvalue weighted by Gasteiger charge is -2.18. The molecule has 1 nitrogen and oxygen atoms in total. The van der Waals surface area contributed by atoms with Crippen LogP contribution in [-0.4, -0.2) is 10.7 Å². The van der Waals surface area contributed by atoms with Gasteiger partial charge in [-0.25, -0.2) is 0 Å². The van der Waals surface area contributed by atoms with Gasteiger partial charge in [0.2, 0.25) is 0 Å². The molecule has 0 aliphatic carbocycles. The van der Waals surface area contributed by atoms with E-state index in [1.807, 2.05) is 13.8 Å². The Balaban J connectivity index is 3.81. The Labute approximate surface area is 57.1 Å². The average molecular weight is 126 g/mol. The standard InChI is InChI=1S/C8H14O/c1-4-7-8(9,5-2)6-3/h2,9H,4,6-7H2,1,3H3. The molecule has 0 bridgehead atoms. The van der Waals surface area contributed by atoms with Gasteiger partial charge in [0.25, 0.3) is 0 Å². The number of hydrogen-bond donors (Lipinski definition) is 1. The molecule has 0 saturated heterocycles. The molecule has 1 N–H and O–H groups in total. The molecule has 0 fully saturated rings. The zero-order valence-electron chi connectivity index (χ0n) is 6.15. The van der Waals surface area contributed by atoms with Gasteiger partial charge in [0.15, 0.2) is 0 Å². The fraction of sp³-hybridized carbons (Fsp3) is 0.750. The minimum absolute atomic E-state index is 0.650. The van der Waals surface area contributed by atoms with E-state index < -0.39 is 5.60 Å². The summed E-state index contributed by atoms with van der Waals surface area (Å²) in [7, 11) is 0. The van der Waals surface area contributed by atoms with Gasteiger partial charge < -0.3 is 5.11 Å². The Morgan fingerprint density at radius 1 is 1.56 bits per heavy atom. The highest BCUT2D eigenvalue weighted by Crippen LogP contribution is 2.14. The van der Waals surface area contributed by atoms with Crippen molar-refractivity contribution >= 4 is 0 Å². The van der Waals surface area contributed by atoms with E-state index in [4.69, 9.17) is 6.42 Å². The van der Waals surface area contributed by atoms with Crippen LogP contribution >= 0.6 is 0 Å². The molecule has 0 radical (unpaired) electrons. The van der Waals surface area contributed by atoms with Crippen LogP contribution in [0.2, 0.25) is 0 Å². The summed E-state index contributed by atoms with van der Waals surface area (Å²) >= 11 is 0. The fourth-order valence-electron chi connectivity index (χ4n) is 0.765. The van der Waals surface area contributed by atoms with Crippen LogP contribution in [0, 0.1) is 12.3 Å². The number of hydrogen-bond acceptors (Lipinski definition) is 1. The van der Waals surface area contributed by atoms with Crippen LogP contribution in [0.1, 0.15) is 33.1 Å². The van der Waals surface area contributed by atoms with Crippen LogP contribution in [0.25, 0.3) is 0 Å². The second kappa shape index (κ2) is 3.53. The van der Waals surface area contributed by atoms with E-state index in [1.165, 1.54) is 0 Å². The number of rotatable bonds is 3. The maximum atomic E-state index is 9.39. The highest BCUT2D eigenvalue weighted by molar-refractivity contribution is 5.05. The first-order valence-electron chi connectivity index (χ1n) is 3.38. The van der Waals surface area contributed by atoms with Gasteiger partial charge in [0.1, 0.15) is 5.60 Å². The molecular formula is C8H14O. The number of terminal acetylenes is 1. The molecule has 0 aliphatic rings. The molecular weight excluding hydrogens is 112 g/mol. The van der Waals surface area contributed by atoms with Crippen LogP contribution in [0.3, 0.4) is 0 Å². The summed E-state index contributed by atoms with van der Waals surface area (Å²) in [4.78, 5) is 0. The summed E-state index contributed by atoms with van der Waals surface area (Å²) < 4.78 is 0. The minimum atomic E-state index is -0.839. The molecule has 52 valence electrons. The highest BCUT2D eigenvalue weighted by atomic mass is 16.3. The largest absolute Gasteiger partial charge is 0.378 e.